The van der Waals surface area contributed by atoms with Gasteiger partial charge in [-0.3, -0.25) is 0 Å². The largest absolute Gasteiger partial charge is 0.496 e. The molecule has 1 unspecified atom stereocenters. The van der Waals surface area contributed by atoms with Crippen molar-refractivity contribution in [3.8, 4) is 11.5 Å². The molecule has 0 aromatic heterocycles. The van der Waals surface area contributed by atoms with E-state index < -0.39 is 0 Å². The highest BCUT2D eigenvalue weighted by molar-refractivity contribution is 5.43. The molecule has 2 aromatic rings. The van der Waals surface area contributed by atoms with E-state index in [4.69, 9.17) is 15.2 Å². The average Bonchev–Trinajstić information content (AvgIpc) is 2.59. The SMILES string of the molecule is CCc1ccc(OC)c(C(CN)Cc2cc(C)ccc2OC)c1. The summed E-state index contributed by atoms with van der Waals surface area (Å²) in [5.74, 6) is 2.02. The van der Waals surface area contributed by atoms with Gasteiger partial charge in [-0.1, -0.05) is 36.8 Å². The first-order valence-corrected chi connectivity index (χ1v) is 8.13. The van der Waals surface area contributed by atoms with Gasteiger partial charge in [-0.15, -0.1) is 0 Å². The minimum atomic E-state index is 0.201. The van der Waals surface area contributed by atoms with Crippen LogP contribution < -0.4 is 15.2 Å². The molecule has 0 amide bonds. The minimum absolute atomic E-state index is 0.201. The Morgan fingerprint density at radius 1 is 1.00 bits per heavy atom. The number of hydrogen-bond acceptors (Lipinski definition) is 3. The molecule has 0 saturated heterocycles. The van der Waals surface area contributed by atoms with Gasteiger partial charge in [-0.05, 0) is 55.1 Å². The second-order valence-corrected chi connectivity index (χ2v) is 5.88. The molecule has 2 rings (SSSR count). The average molecular weight is 313 g/mol. The Labute approximate surface area is 139 Å². The maximum atomic E-state index is 6.10. The molecule has 3 nitrogen and oxygen atoms in total. The molecule has 1 atom stereocenters. The van der Waals surface area contributed by atoms with Gasteiger partial charge in [0.05, 0.1) is 14.2 Å². The third-order valence-electron chi connectivity index (χ3n) is 4.33. The molecule has 0 spiro atoms. The van der Waals surface area contributed by atoms with Gasteiger partial charge in [0.1, 0.15) is 11.5 Å². The zero-order valence-corrected chi connectivity index (χ0v) is 14.6. The van der Waals surface area contributed by atoms with Crippen LogP contribution in [0, 0.1) is 6.92 Å². The first-order valence-electron chi connectivity index (χ1n) is 8.13. The lowest BCUT2D eigenvalue weighted by Crippen LogP contribution is -2.16. The minimum Gasteiger partial charge on any atom is -0.496 e. The fraction of sp³-hybridized carbons (Fsp3) is 0.400. The number of aryl methyl sites for hydroxylation is 2. The van der Waals surface area contributed by atoms with E-state index in [0.717, 1.165) is 24.3 Å². The van der Waals surface area contributed by atoms with Gasteiger partial charge in [-0.25, -0.2) is 0 Å². The molecule has 23 heavy (non-hydrogen) atoms. The van der Waals surface area contributed by atoms with Crippen molar-refractivity contribution in [3.05, 3.63) is 58.7 Å². The number of rotatable bonds is 7. The van der Waals surface area contributed by atoms with Gasteiger partial charge >= 0.3 is 0 Å². The molecule has 124 valence electrons. The van der Waals surface area contributed by atoms with E-state index in [0.29, 0.717) is 6.54 Å². The van der Waals surface area contributed by atoms with Crippen LogP contribution in [0.25, 0.3) is 0 Å². The van der Waals surface area contributed by atoms with Crippen molar-refractivity contribution in [2.45, 2.75) is 32.6 Å². The monoisotopic (exact) mass is 313 g/mol. The van der Waals surface area contributed by atoms with Crippen molar-refractivity contribution in [2.24, 2.45) is 5.73 Å². The Balaban J connectivity index is 2.39. The molecule has 3 heteroatoms. The predicted molar refractivity (Wildman–Crippen MR) is 95.6 cm³/mol. The van der Waals surface area contributed by atoms with E-state index in [2.05, 4.69) is 38.1 Å². The highest BCUT2D eigenvalue weighted by Crippen LogP contribution is 2.32. The third kappa shape index (κ3) is 4.05. The summed E-state index contributed by atoms with van der Waals surface area (Å²) >= 11 is 0. The van der Waals surface area contributed by atoms with Crippen LogP contribution in [0.5, 0.6) is 11.5 Å². The number of methoxy groups -OCH3 is 2. The van der Waals surface area contributed by atoms with Crippen LogP contribution in [0.2, 0.25) is 0 Å². The smallest absolute Gasteiger partial charge is 0.122 e. The summed E-state index contributed by atoms with van der Waals surface area (Å²) in [5, 5.41) is 0. The van der Waals surface area contributed by atoms with E-state index in [1.165, 1.54) is 22.3 Å². The summed E-state index contributed by atoms with van der Waals surface area (Å²) in [5.41, 5.74) is 11.0. The molecule has 0 aliphatic carbocycles. The molecule has 2 N–H and O–H groups in total. The zero-order valence-electron chi connectivity index (χ0n) is 14.6. The van der Waals surface area contributed by atoms with Crippen LogP contribution in [0.4, 0.5) is 0 Å². The van der Waals surface area contributed by atoms with Crippen molar-refractivity contribution in [3.63, 3.8) is 0 Å². The Bertz CT molecular complexity index is 652. The standard InChI is InChI=1S/C20H27NO2/c1-5-15-7-9-20(23-4)18(11-15)17(13-21)12-16-10-14(2)6-8-19(16)22-3/h6-11,17H,5,12-13,21H2,1-4H3. The number of ether oxygens (including phenoxy) is 2. The summed E-state index contributed by atoms with van der Waals surface area (Å²) in [6.07, 6.45) is 1.84. The molecular weight excluding hydrogens is 286 g/mol. The summed E-state index contributed by atoms with van der Waals surface area (Å²) in [6, 6.07) is 12.7. The fourth-order valence-electron chi connectivity index (χ4n) is 2.98. The summed E-state index contributed by atoms with van der Waals surface area (Å²) in [7, 11) is 3.43. The van der Waals surface area contributed by atoms with Crippen molar-refractivity contribution in [1.82, 2.24) is 0 Å². The van der Waals surface area contributed by atoms with Gasteiger partial charge in [0, 0.05) is 5.92 Å². The molecule has 0 radical (unpaired) electrons. The molecular formula is C20H27NO2. The fourth-order valence-corrected chi connectivity index (χ4v) is 2.98. The maximum absolute atomic E-state index is 6.10. The Morgan fingerprint density at radius 3 is 2.30 bits per heavy atom. The molecule has 0 aliphatic heterocycles. The zero-order chi connectivity index (χ0) is 16.8. The van der Waals surface area contributed by atoms with E-state index in [1.54, 1.807) is 14.2 Å². The highest BCUT2D eigenvalue weighted by atomic mass is 16.5. The van der Waals surface area contributed by atoms with Crippen molar-refractivity contribution >= 4 is 0 Å². The maximum Gasteiger partial charge on any atom is 0.122 e. The Kier molecular flexibility index (Phi) is 6.05. The van der Waals surface area contributed by atoms with E-state index in [9.17, 15) is 0 Å². The van der Waals surface area contributed by atoms with Gasteiger partial charge in [0.25, 0.3) is 0 Å². The van der Waals surface area contributed by atoms with Crippen LogP contribution in [0.15, 0.2) is 36.4 Å². The van der Waals surface area contributed by atoms with E-state index in [-0.39, 0.29) is 5.92 Å². The van der Waals surface area contributed by atoms with Gasteiger partial charge < -0.3 is 15.2 Å². The Morgan fingerprint density at radius 2 is 1.70 bits per heavy atom. The quantitative estimate of drug-likeness (QED) is 0.844. The summed E-state index contributed by atoms with van der Waals surface area (Å²) < 4.78 is 11.1. The lowest BCUT2D eigenvalue weighted by Gasteiger charge is -2.21. The summed E-state index contributed by atoms with van der Waals surface area (Å²) in [4.78, 5) is 0. The molecule has 0 saturated carbocycles. The van der Waals surface area contributed by atoms with Crippen molar-refractivity contribution in [1.29, 1.82) is 0 Å². The first-order chi connectivity index (χ1) is 11.1. The Hall–Kier alpha value is -2.00. The summed E-state index contributed by atoms with van der Waals surface area (Å²) in [6.45, 7) is 4.83. The van der Waals surface area contributed by atoms with Crippen LogP contribution >= 0.6 is 0 Å². The number of hydrogen-bond donors (Lipinski definition) is 1. The van der Waals surface area contributed by atoms with Crippen LogP contribution in [-0.4, -0.2) is 20.8 Å². The van der Waals surface area contributed by atoms with Crippen LogP contribution in [0.1, 0.15) is 35.1 Å². The normalized spacial score (nSPS) is 12.0. The number of nitrogens with two attached hydrogens (primary N) is 1. The van der Waals surface area contributed by atoms with Crippen molar-refractivity contribution in [2.75, 3.05) is 20.8 Å². The molecule has 2 aromatic carbocycles. The first kappa shape index (κ1) is 17.4. The molecule has 0 bridgehead atoms. The van der Waals surface area contributed by atoms with E-state index >= 15 is 0 Å². The van der Waals surface area contributed by atoms with E-state index in [1.807, 2.05) is 12.1 Å². The topological polar surface area (TPSA) is 44.5 Å². The predicted octanol–water partition coefficient (Wildman–Crippen LogP) is 3.86. The second kappa shape index (κ2) is 8.02. The van der Waals surface area contributed by atoms with Crippen molar-refractivity contribution < 1.29 is 9.47 Å². The van der Waals surface area contributed by atoms with Gasteiger partial charge in [0.15, 0.2) is 0 Å². The van der Waals surface area contributed by atoms with Crippen LogP contribution in [0.3, 0.4) is 0 Å². The lowest BCUT2D eigenvalue weighted by atomic mass is 9.89. The third-order valence-corrected chi connectivity index (χ3v) is 4.33. The molecule has 0 aliphatic rings. The van der Waals surface area contributed by atoms with Gasteiger partial charge in [0.2, 0.25) is 0 Å². The highest BCUT2D eigenvalue weighted by Gasteiger charge is 2.18. The van der Waals surface area contributed by atoms with Gasteiger partial charge in [-0.2, -0.15) is 0 Å². The van der Waals surface area contributed by atoms with Crippen LogP contribution in [-0.2, 0) is 12.8 Å². The molecule has 0 fully saturated rings. The molecule has 0 heterocycles. The second-order valence-electron chi connectivity index (χ2n) is 5.88. The lowest BCUT2D eigenvalue weighted by molar-refractivity contribution is 0.400. The number of benzene rings is 2.